The fourth-order valence-electron chi connectivity index (χ4n) is 3.21. The van der Waals surface area contributed by atoms with Gasteiger partial charge in [-0.1, -0.05) is 12.1 Å². The molecule has 28 heavy (non-hydrogen) atoms. The Kier molecular flexibility index (Phi) is 6.53. The lowest BCUT2D eigenvalue weighted by molar-refractivity contribution is -0.133. The second-order valence-electron chi connectivity index (χ2n) is 6.64. The van der Waals surface area contributed by atoms with Gasteiger partial charge in [-0.3, -0.25) is 9.59 Å². The van der Waals surface area contributed by atoms with E-state index < -0.39 is 0 Å². The van der Waals surface area contributed by atoms with Crippen LogP contribution in [0.3, 0.4) is 0 Å². The Bertz CT molecular complexity index is 812. The average molecular weight is 382 g/mol. The number of hydrogen-bond donors (Lipinski definition) is 0. The van der Waals surface area contributed by atoms with Crippen molar-refractivity contribution in [1.82, 2.24) is 4.90 Å². The molecule has 0 spiro atoms. The van der Waals surface area contributed by atoms with Crippen molar-refractivity contribution in [3.05, 3.63) is 54.1 Å². The number of ether oxygens (including phenoxy) is 2. The van der Waals surface area contributed by atoms with Crippen LogP contribution in [0.15, 0.2) is 48.5 Å². The van der Waals surface area contributed by atoms with Crippen molar-refractivity contribution in [3.8, 4) is 11.5 Å². The summed E-state index contributed by atoms with van der Waals surface area (Å²) in [5.74, 6) is 1.43. The highest BCUT2D eigenvalue weighted by Gasteiger charge is 2.23. The van der Waals surface area contributed by atoms with E-state index in [4.69, 9.17) is 9.47 Å². The van der Waals surface area contributed by atoms with Crippen molar-refractivity contribution >= 4 is 17.4 Å². The van der Waals surface area contributed by atoms with Crippen LogP contribution in [-0.2, 0) is 4.79 Å². The third-order valence-electron chi connectivity index (χ3n) is 4.76. The van der Waals surface area contributed by atoms with E-state index in [-0.39, 0.29) is 18.3 Å². The first-order valence-corrected chi connectivity index (χ1v) is 9.57. The molecule has 1 aliphatic rings. The van der Waals surface area contributed by atoms with Crippen molar-refractivity contribution < 1.29 is 19.1 Å². The molecule has 0 saturated carbocycles. The van der Waals surface area contributed by atoms with Crippen LogP contribution in [0.25, 0.3) is 0 Å². The molecule has 0 radical (unpaired) electrons. The molecule has 0 unspecified atom stereocenters. The fraction of sp³-hybridized carbons (Fsp3) is 0.364. The lowest BCUT2D eigenvalue weighted by atomic mass is 10.1. The number of Topliss-reactive ketones (excluding diaryl/α,β-unsaturated/α-hetero) is 1. The van der Waals surface area contributed by atoms with E-state index in [0.29, 0.717) is 31.0 Å². The number of amides is 1. The molecular formula is C22H26N2O4. The molecule has 3 rings (SSSR count). The van der Waals surface area contributed by atoms with E-state index in [1.54, 1.807) is 24.3 Å². The zero-order chi connectivity index (χ0) is 19.9. The van der Waals surface area contributed by atoms with E-state index in [9.17, 15) is 9.59 Å². The van der Waals surface area contributed by atoms with E-state index >= 15 is 0 Å². The summed E-state index contributed by atoms with van der Waals surface area (Å²) in [5.41, 5.74) is 1.69. The fourth-order valence-corrected chi connectivity index (χ4v) is 3.21. The summed E-state index contributed by atoms with van der Waals surface area (Å²) in [7, 11) is 0. The first-order valence-electron chi connectivity index (χ1n) is 9.57. The van der Waals surface area contributed by atoms with E-state index in [2.05, 4.69) is 11.0 Å². The van der Waals surface area contributed by atoms with Crippen molar-refractivity contribution in [2.45, 2.75) is 13.8 Å². The molecule has 0 bridgehead atoms. The predicted molar refractivity (Wildman–Crippen MR) is 108 cm³/mol. The molecule has 0 aromatic heterocycles. The number of ketones is 1. The molecule has 6 nitrogen and oxygen atoms in total. The monoisotopic (exact) mass is 382 g/mol. The van der Waals surface area contributed by atoms with Gasteiger partial charge in [0, 0.05) is 31.7 Å². The van der Waals surface area contributed by atoms with Gasteiger partial charge in [0.15, 0.2) is 12.4 Å². The highest BCUT2D eigenvalue weighted by Crippen LogP contribution is 2.28. The molecule has 1 fully saturated rings. The molecule has 1 amide bonds. The molecule has 1 saturated heterocycles. The number of carbonyl (C=O) groups excluding carboxylic acids is 2. The van der Waals surface area contributed by atoms with Gasteiger partial charge in [0.1, 0.15) is 11.5 Å². The predicted octanol–water partition coefficient (Wildman–Crippen LogP) is 3.02. The minimum absolute atomic E-state index is 0.00501. The summed E-state index contributed by atoms with van der Waals surface area (Å²) >= 11 is 0. The summed E-state index contributed by atoms with van der Waals surface area (Å²) in [6.45, 7) is 6.91. The van der Waals surface area contributed by atoms with Crippen molar-refractivity contribution in [3.63, 3.8) is 0 Å². The summed E-state index contributed by atoms with van der Waals surface area (Å²) in [4.78, 5) is 27.8. The Balaban J connectivity index is 1.50. The molecule has 1 aliphatic heterocycles. The zero-order valence-corrected chi connectivity index (χ0v) is 16.4. The van der Waals surface area contributed by atoms with Crippen LogP contribution in [0, 0.1) is 0 Å². The smallest absolute Gasteiger partial charge is 0.260 e. The van der Waals surface area contributed by atoms with Crippen LogP contribution in [-0.4, -0.2) is 56.0 Å². The van der Waals surface area contributed by atoms with Crippen LogP contribution in [0.5, 0.6) is 11.5 Å². The van der Waals surface area contributed by atoms with Crippen molar-refractivity contribution in [1.29, 1.82) is 0 Å². The Morgan fingerprint density at radius 1 is 0.929 bits per heavy atom. The SMILES string of the molecule is CCOc1ccccc1N1CCN(C(=O)COc2ccc(C(C)=O)cc2)CC1. The molecule has 0 aliphatic carbocycles. The van der Waals surface area contributed by atoms with Gasteiger partial charge in [0.05, 0.1) is 12.3 Å². The molecule has 2 aromatic rings. The molecule has 2 aromatic carbocycles. The van der Waals surface area contributed by atoms with Gasteiger partial charge in [-0.25, -0.2) is 0 Å². The largest absolute Gasteiger partial charge is 0.492 e. The summed E-state index contributed by atoms with van der Waals surface area (Å²) in [6, 6.07) is 14.8. The van der Waals surface area contributed by atoms with Gasteiger partial charge in [-0.15, -0.1) is 0 Å². The second kappa shape index (κ2) is 9.26. The van der Waals surface area contributed by atoms with Crippen LogP contribution in [0.2, 0.25) is 0 Å². The first-order chi connectivity index (χ1) is 13.6. The summed E-state index contributed by atoms with van der Waals surface area (Å²) < 4.78 is 11.3. The van der Waals surface area contributed by atoms with E-state index in [1.807, 2.05) is 30.0 Å². The maximum Gasteiger partial charge on any atom is 0.260 e. The molecule has 0 N–H and O–H groups in total. The molecule has 1 heterocycles. The van der Waals surface area contributed by atoms with E-state index in [0.717, 1.165) is 24.5 Å². The number of hydrogen-bond acceptors (Lipinski definition) is 5. The maximum atomic E-state index is 12.5. The Morgan fingerprint density at radius 2 is 1.61 bits per heavy atom. The zero-order valence-electron chi connectivity index (χ0n) is 16.4. The summed E-state index contributed by atoms with van der Waals surface area (Å²) in [5, 5.41) is 0. The number of benzene rings is 2. The topological polar surface area (TPSA) is 59.1 Å². The number of nitrogens with zero attached hydrogens (tertiary/aromatic N) is 2. The number of anilines is 1. The third-order valence-corrected chi connectivity index (χ3v) is 4.76. The highest BCUT2D eigenvalue weighted by molar-refractivity contribution is 5.94. The highest BCUT2D eigenvalue weighted by atomic mass is 16.5. The van der Waals surface area contributed by atoms with Gasteiger partial charge in [-0.2, -0.15) is 0 Å². The lowest BCUT2D eigenvalue weighted by Gasteiger charge is -2.36. The first kappa shape index (κ1) is 19.7. The van der Waals surface area contributed by atoms with Crippen LogP contribution < -0.4 is 14.4 Å². The average Bonchev–Trinajstić information content (AvgIpc) is 2.73. The standard InChI is InChI=1S/C22H26N2O4/c1-3-27-21-7-5-4-6-20(21)23-12-14-24(15-13-23)22(26)16-28-19-10-8-18(9-11-19)17(2)25/h4-11H,3,12-16H2,1-2H3. The number of piperazine rings is 1. The number of rotatable bonds is 7. The van der Waals surface area contributed by atoms with E-state index in [1.165, 1.54) is 6.92 Å². The van der Waals surface area contributed by atoms with Gasteiger partial charge >= 0.3 is 0 Å². The van der Waals surface area contributed by atoms with Gasteiger partial charge in [-0.05, 0) is 50.2 Å². The molecular weight excluding hydrogens is 356 g/mol. The Hall–Kier alpha value is -3.02. The van der Waals surface area contributed by atoms with Crippen LogP contribution >= 0.6 is 0 Å². The minimum atomic E-state index is -0.0339. The summed E-state index contributed by atoms with van der Waals surface area (Å²) in [6.07, 6.45) is 0. The van der Waals surface area contributed by atoms with Gasteiger partial charge in [0.2, 0.25) is 0 Å². The van der Waals surface area contributed by atoms with Crippen molar-refractivity contribution in [2.75, 3.05) is 44.3 Å². The van der Waals surface area contributed by atoms with Gasteiger partial charge in [0.25, 0.3) is 5.91 Å². The molecule has 148 valence electrons. The third kappa shape index (κ3) is 4.82. The Morgan fingerprint density at radius 3 is 2.25 bits per heavy atom. The van der Waals surface area contributed by atoms with Crippen molar-refractivity contribution in [2.24, 2.45) is 0 Å². The van der Waals surface area contributed by atoms with Crippen LogP contribution in [0.4, 0.5) is 5.69 Å². The second-order valence-corrected chi connectivity index (χ2v) is 6.64. The van der Waals surface area contributed by atoms with Gasteiger partial charge < -0.3 is 19.3 Å². The normalized spacial score (nSPS) is 13.9. The minimum Gasteiger partial charge on any atom is -0.492 e. The maximum absolute atomic E-state index is 12.5. The molecule has 6 heteroatoms. The quantitative estimate of drug-likeness (QED) is 0.689. The number of para-hydroxylation sites is 2. The van der Waals surface area contributed by atoms with Crippen LogP contribution in [0.1, 0.15) is 24.2 Å². The molecule has 0 atom stereocenters. The lowest BCUT2D eigenvalue weighted by Crippen LogP contribution is -2.50. The Labute approximate surface area is 165 Å². The number of carbonyl (C=O) groups is 2.